The molecule has 3 aliphatic heterocycles. The van der Waals surface area contributed by atoms with Gasteiger partial charge >= 0.3 is 0 Å². The second-order valence-corrected chi connectivity index (χ2v) is 9.48. The van der Waals surface area contributed by atoms with Crippen molar-refractivity contribution in [2.75, 3.05) is 40.0 Å². The molecule has 0 spiro atoms. The first-order valence-corrected chi connectivity index (χ1v) is 12.0. The molecule has 10 heteroatoms. The van der Waals surface area contributed by atoms with Crippen molar-refractivity contribution in [3.05, 3.63) is 52.2 Å². The number of β-amino-alcohol motifs (C(OH)–C–C–N with tert-alkyl or cyclic N) is 1. The van der Waals surface area contributed by atoms with Gasteiger partial charge in [0.15, 0.2) is 11.5 Å². The lowest BCUT2D eigenvalue weighted by Gasteiger charge is -2.37. The molecule has 0 aromatic carbocycles. The van der Waals surface area contributed by atoms with Crippen LogP contribution in [0.2, 0.25) is 0 Å². The average Bonchev–Trinajstić information content (AvgIpc) is 3.20. The highest BCUT2D eigenvalue weighted by atomic mass is 16.6. The van der Waals surface area contributed by atoms with Crippen molar-refractivity contribution < 1.29 is 19.3 Å². The average molecular weight is 480 g/mol. The van der Waals surface area contributed by atoms with Gasteiger partial charge in [-0.2, -0.15) is 0 Å². The monoisotopic (exact) mass is 479 g/mol. The fourth-order valence-corrected chi connectivity index (χ4v) is 5.48. The van der Waals surface area contributed by atoms with Gasteiger partial charge in [-0.05, 0) is 32.0 Å². The number of hydrogen-bond acceptors (Lipinski definition) is 9. The van der Waals surface area contributed by atoms with Crippen LogP contribution in [0, 0.1) is 0 Å². The predicted octanol–water partition coefficient (Wildman–Crippen LogP) is 1.03. The van der Waals surface area contributed by atoms with Crippen LogP contribution in [0.25, 0.3) is 11.0 Å². The second kappa shape index (κ2) is 8.78. The summed E-state index contributed by atoms with van der Waals surface area (Å²) >= 11 is 0. The number of pyridine rings is 3. The molecule has 3 aromatic rings. The molecular formula is C25H29N5O5. The van der Waals surface area contributed by atoms with Crippen molar-refractivity contribution in [1.82, 2.24) is 24.8 Å². The molecule has 3 aliphatic rings. The van der Waals surface area contributed by atoms with Gasteiger partial charge in [0.2, 0.25) is 0 Å². The molecule has 0 radical (unpaired) electrons. The van der Waals surface area contributed by atoms with Crippen LogP contribution in [0.1, 0.15) is 24.1 Å². The Balaban J connectivity index is 1.10. The Hall–Kier alpha value is -3.21. The molecular weight excluding hydrogens is 450 g/mol. The first-order valence-electron chi connectivity index (χ1n) is 12.0. The molecule has 0 bridgehead atoms. The molecule has 2 N–H and O–H groups in total. The third-order valence-electron chi connectivity index (χ3n) is 7.20. The molecule has 0 amide bonds. The maximum Gasteiger partial charge on any atom is 0.251 e. The van der Waals surface area contributed by atoms with E-state index < -0.39 is 5.60 Å². The van der Waals surface area contributed by atoms with Gasteiger partial charge in [0.05, 0.1) is 48.3 Å². The van der Waals surface area contributed by atoms with Crippen LogP contribution >= 0.6 is 0 Å². The van der Waals surface area contributed by atoms with E-state index in [0.29, 0.717) is 60.4 Å². The summed E-state index contributed by atoms with van der Waals surface area (Å²) in [6.45, 7) is 4.10. The summed E-state index contributed by atoms with van der Waals surface area (Å²) in [5, 5.41) is 15.4. The van der Waals surface area contributed by atoms with E-state index >= 15 is 0 Å². The number of aromatic nitrogens is 3. The van der Waals surface area contributed by atoms with E-state index in [-0.39, 0.29) is 12.1 Å². The van der Waals surface area contributed by atoms with Crippen LogP contribution < -0.4 is 25.1 Å². The van der Waals surface area contributed by atoms with Gasteiger partial charge in [-0.3, -0.25) is 19.7 Å². The number of fused-ring (bicyclic) bond motifs is 1. The van der Waals surface area contributed by atoms with Crippen LogP contribution in [-0.2, 0) is 18.7 Å². The standard InChI is InChI=1S/C25H29N5O5/c1-33-21-13-28-18-2-3-22(31)30-15-25(32,23(21)24(18)30)14-29-6-4-16(5-7-29)26-11-17-10-19-20(12-27-17)35-9-8-34-19/h2-3,10,12-13,16,26,32H,4-9,11,14-15H2,1H3/t25-/m0/s1. The van der Waals surface area contributed by atoms with E-state index in [1.165, 1.54) is 6.07 Å². The quantitative estimate of drug-likeness (QED) is 0.535. The minimum absolute atomic E-state index is 0.139. The summed E-state index contributed by atoms with van der Waals surface area (Å²) in [5.74, 6) is 1.97. The zero-order valence-electron chi connectivity index (χ0n) is 19.7. The lowest BCUT2D eigenvalue weighted by atomic mass is 9.93. The normalized spacial score (nSPS) is 22.0. The van der Waals surface area contributed by atoms with Gasteiger partial charge in [-0.1, -0.05) is 0 Å². The number of aliphatic hydroxyl groups is 1. The number of piperidine rings is 1. The smallest absolute Gasteiger partial charge is 0.251 e. The summed E-state index contributed by atoms with van der Waals surface area (Å²) in [6.07, 6.45) is 5.27. The maximum atomic E-state index is 12.5. The molecule has 1 fully saturated rings. The van der Waals surface area contributed by atoms with Gasteiger partial charge < -0.3 is 29.2 Å². The van der Waals surface area contributed by atoms with Gasteiger partial charge in [-0.15, -0.1) is 0 Å². The Morgan fingerprint density at radius 2 is 1.97 bits per heavy atom. The first-order chi connectivity index (χ1) is 17.0. The van der Waals surface area contributed by atoms with Crippen molar-refractivity contribution in [3.63, 3.8) is 0 Å². The number of ether oxygens (including phenoxy) is 3. The fourth-order valence-electron chi connectivity index (χ4n) is 5.48. The van der Waals surface area contributed by atoms with E-state index in [9.17, 15) is 9.90 Å². The van der Waals surface area contributed by atoms with Crippen molar-refractivity contribution in [1.29, 1.82) is 0 Å². The third kappa shape index (κ3) is 4.01. The van der Waals surface area contributed by atoms with Crippen molar-refractivity contribution >= 4 is 11.0 Å². The summed E-state index contributed by atoms with van der Waals surface area (Å²) in [4.78, 5) is 23.7. The van der Waals surface area contributed by atoms with Crippen LogP contribution in [0.15, 0.2) is 35.4 Å². The molecule has 184 valence electrons. The van der Waals surface area contributed by atoms with Gasteiger partial charge in [0.1, 0.15) is 24.6 Å². The lowest BCUT2D eigenvalue weighted by Crippen LogP contribution is -2.48. The molecule has 10 nitrogen and oxygen atoms in total. The molecule has 6 heterocycles. The number of nitrogens with zero attached hydrogens (tertiary/aromatic N) is 4. The third-order valence-corrected chi connectivity index (χ3v) is 7.20. The molecule has 1 atom stereocenters. The van der Waals surface area contributed by atoms with Crippen LogP contribution in [0.4, 0.5) is 0 Å². The van der Waals surface area contributed by atoms with E-state index in [1.54, 1.807) is 30.1 Å². The minimum Gasteiger partial charge on any atom is -0.495 e. The predicted molar refractivity (Wildman–Crippen MR) is 128 cm³/mol. The van der Waals surface area contributed by atoms with Crippen LogP contribution in [0.5, 0.6) is 17.2 Å². The van der Waals surface area contributed by atoms with E-state index in [1.807, 2.05) is 6.07 Å². The molecule has 35 heavy (non-hydrogen) atoms. The summed E-state index contributed by atoms with van der Waals surface area (Å²) < 4.78 is 18.4. The van der Waals surface area contributed by atoms with E-state index in [0.717, 1.165) is 37.4 Å². The van der Waals surface area contributed by atoms with Crippen molar-refractivity contribution in [3.8, 4) is 17.2 Å². The Kier molecular flexibility index (Phi) is 5.58. The molecule has 6 rings (SSSR count). The molecule has 0 saturated carbocycles. The lowest BCUT2D eigenvalue weighted by molar-refractivity contribution is -0.0150. The topological polar surface area (TPSA) is 111 Å². The van der Waals surface area contributed by atoms with E-state index in [4.69, 9.17) is 14.2 Å². The van der Waals surface area contributed by atoms with Gasteiger partial charge in [0.25, 0.3) is 5.56 Å². The highest BCUT2D eigenvalue weighted by Gasteiger charge is 2.43. The number of likely N-dealkylation sites (tertiary alicyclic amines) is 1. The first kappa shape index (κ1) is 22.3. The Bertz CT molecular complexity index is 1320. The van der Waals surface area contributed by atoms with Crippen molar-refractivity contribution in [2.24, 2.45) is 0 Å². The number of methoxy groups -OCH3 is 1. The van der Waals surface area contributed by atoms with Crippen LogP contribution in [0.3, 0.4) is 0 Å². The molecule has 0 unspecified atom stereocenters. The SMILES string of the molecule is COc1cnc2ccc(=O)n3c2c1[C@](O)(CN1CCC(NCc2cc4c(cn2)OCCO4)CC1)C3. The number of nitrogens with one attached hydrogen (secondary N) is 1. The van der Waals surface area contributed by atoms with E-state index in [2.05, 4.69) is 20.2 Å². The number of rotatable bonds is 6. The second-order valence-electron chi connectivity index (χ2n) is 9.48. The number of hydrogen-bond donors (Lipinski definition) is 2. The van der Waals surface area contributed by atoms with Gasteiger partial charge in [-0.25, -0.2) is 0 Å². The Morgan fingerprint density at radius 1 is 1.17 bits per heavy atom. The highest BCUT2D eigenvalue weighted by Crippen LogP contribution is 2.41. The maximum absolute atomic E-state index is 12.5. The molecule has 0 aliphatic carbocycles. The fraction of sp³-hybridized carbons (Fsp3) is 0.480. The summed E-state index contributed by atoms with van der Waals surface area (Å²) in [7, 11) is 1.57. The zero-order chi connectivity index (χ0) is 24.0. The summed E-state index contributed by atoms with van der Waals surface area (Å²) in [6, 6.07) is 5.51. The molecule has 3 aromatic heterocycles. The highest BCUT2D eigenvalue weighted by molar-refractivity contribution is 5.83. The Morgan fingerprint density at radius 3 is 2.77 bits per heavy atom. The van der Waals surface area contributed by atoms with Crippen LogP contribution in [-0.4, -0.2) is 70.5 Å². The molecule has 1 saturated heterocycles. The minimum atomic E-state index is -1.21. The zero-order valence-corrected chi connectivity index (χ0v) is 19.7. The Labute approximate surface area is 202 Å². The van der Waals surface area contributed by atoms with Gasteiger partial charge in [0, 0.05) is 31.3 Å². The van der Waals surface area contributed by atoms with Crippen molar-refractivity contribution in [2.45, 2.75) is 37.6 Å². The summed E-state index contributed by atoms with van der Waals surface area (Å²) in [5.41, 5.74) is 1.59. The largest absolute Gasteiger partial charge is 0.495 e.